The molecule has 0 unspecified atom stereocenters. The van der Waals surface area contributed by atoms with Gasteiger partial charge >= 0.3 is 6.03 Å². The highest BCUT2D eigenvalue weighted by atomic mass is 35.5. The summed E-state index contributed by atoms with van der Waals surface area (Å²) in [5.74, 6) is 1.45. The van der Waals surface area contributed by atoms with Gasteiger partial charge in [0.15, 0.2) is 5.82 Å². The smallest absolute Gasteiger partial charge is 0.319 e. The van der Waals surface area contributed by atoms with E-state index in [0.717, 1.165) is 17.9 Å². The van der Waals surface area contributed by atoms with Crippen molar-refractivity contribution in [1.82, 2.24) is 10.2 Å². The summed E-state index contributed by atoms with van der Waals surface area (Å²) in [5, 5.41) is 5.31. The third-order valence-corrected chi connectivity index (χ3v) is 5.34. The van der Waals surface area contributed by atoms with Crippen LogP contribution in [0.1, 0.15) is 6.42 Å². The fraction of sp³-hybridized carbons (Fsp3) is 0.500. The van der Waals surface area contributed by atoms with Crippen molar-refractivity contribution in [2.24, 2.45) is 0 Å². The number of amides is 2. The standard InChI is InChI=1S/C14H19ClFN3OS/c1-19(2)14(6-7-21-9-14)8-17-13(20)18-11-5-3-4-10(15)12(11)16/h3-5H,6-9H2,1-2H3,(H2,17,18,20)/t14-/m0/s1. The summed E-state index contributed by atoms with van der Waals surface area (Å²) in [5.41, 5.74) is 0.0502. The first kappa shape index (κ1) is 16.4. The third kappa shape index (κ3) is 3.81. The molecule has 21 heavy (non-hydrogen) atoms. The van der Waals surface area contributed by atoms with Gasteiger partial charge in [-0.1, -0.05) is 17.7 Å². The van der Waals surface area contributed by atoms with Crippen molar-refractivity contribution >= 4 is 35.1 Å². The molecule has 116 valence electrons. The first-order chi connectivity index (χ1) is 9.94. The first-order valence-corrected chi connectivity index (χ1v) is 8.22. The van der Waals surface area contributed by atoms with Gasteiger partial charge in [0.25, 0.3) is 0 Å². The molecule has 1 atom stereocenters. The highest BCUT2D eigenvalue weighted by molar-refractivity contribution is 7.99. The van der Waals surface area contributed by atoms with Gasteiger partial charge in [0.1, 0.15) is 0 Å². The van der Waals surface area contributed by atoms with E-state index in [1.165, 1.54) is 12.1 Å². The number of nitrogens with one attached hydrogen (secondary N) is 2. The molecule has 0 aromatic heterocycles. The summed E-state index contributed by atoms with van der Waals surface area (Å²) >= 11 is 7.56. The van der Waals surface area contributed by atoms with Crippen molar-refractivity contribution in [3.05, 3.63) is 29.0 Å². The molecule has 7 heteroatoms. The van der Waals surface area contributed by atoms with Gasteiger partial charge in [0, 0.05) is 17.8 Å². The predicted molar refractivity (Wildman–Crippen MR) is 86.8 cm³/mol. The number of carbonyl (C=O) groups excluding carboxylic acids is 1. The second-order valence-corrected chi connectivity index (χ2v) is 6.84. The molecule has 2 N–H and O–H groups in total. The van der Waals surface area contributed by atoms with Crippen LogP contribution in [0.25, 0.3) is 0 Å². The van der Waals surface area contributed by atoms with E-state index in [1.54, 1.807) is 6.07 Å². The molecule has 1 heterocycles. The Morgan fingerprint density at radius 2 is 2.29 bits per heavy atom. The maximum Gasteiger partial charge on any atom is 0.319 e. The molecule has 2 amide bonds. The zero-order valence-corrected chi connectivity index (χ0v) is 13.7. The average molecular weight is 332 g/mol. The zero-order chi connectivity index (χ0) is 15.5. The second-order valence-electron chi connectivity index (χ2n) is 5.33. The van der Waals surface area contributed by atoms with Crippen molar-refractivity contribution in [3.8, 4) is 0 Å². The summed E-state index contributed by atoms with van der Waals surface area (Å²) in [6.45, 7) is 0.529. The van der Waals surface area contributed by atoms with Crippen LogP contribution in [0.3, 0.4) is 0 Å². The molecule has 0 bridgehead atoms. The third-order valence-electron chi connectivity index (χ3n) is 3.81. The fourth-order valence-corrected chi connectivity index (χ4v) is 3.99. The summed E-state index contributed by atoms with van der Waals surface area (Å²) in [7, 11) is 4.03. The molecule has 1 saturated heterocycles. The minimum Gasteiger partial charge on any atom is -0.336 e. The number of thioether (sulfide) groups is 1. The van der Waals surface area contributed by atoms with Gasteiger partial charge < -0.3 is 15.5 Å². The van der Waals surface area contributed by atoms with Gasteiger partial charge in [-0.05, 0) is 38.4 Å². The number of benzene rings is 1. The van der Waals surface area contributed by atoms with Gasteiger partial charge in [0.05, 0.1) is 10.7 Å². The van der Waals surface area contributed by atoms with Gasteiger partial charge in [-0.15, -0.1) is 0 Å². The van der Waals surface area contributed by atoms with Crippen molar-refractivity contribution in [2.45, 2.75) is 12.0 Å². The van der Waals surface area contributed by atoms with Crippen LogP contribution in [0.15, 0.2) is 18.2 Å². The van der Waals surface area contributed by atoms with Gasteiger partial charge in [-0.3, -0.25) is 0 Å². The Hall–Kier alpha value is -0.980. The molecule has 0 saturated carbocycles. The Morgan fingerprint density at radius 3 is 2.90 bits per heavy atom. The molecule has 0 spiro atoms. The van der Waals surface area contributed by atoms with E-state index in [9.17, 15) is 9.18 Å². The van der Waals surface area contributed by atoms with E-state index in [1.807, 2.05) is 25.9 Å². The highest BCUT2D eigenvalue weighted by Gasteiger charge is 2.36. The Kier molecular flexibility index (Phi) is 5.35. The molecule has 1 aromatic rings. The van der Waals surface area contributed by atoms with Gasteiger partial charge in [0.2, 0.25) is 0 Å². The van der Waals surface area contributed by atoms with Crippen LogP contribution in [0, 0.1) is 5.82 Å². The number of hydrogen-bond acceptors (Lipinski definition) is 3. The lowest BCUT2D eigenvalue weighted by Gasteiger charge is -2.35. The number of rotatable bonds is 4. The molecule has 2 rings (SSSR count). The minimum atomic E-state index is -0.618. The SMILES string of the molecule is CN(C)[C@]1(CNC(=O)Nc2cccc(Cl)c2F)CCSC1. The monoisotopic (exact) mass is 331 g/mol. The van der Waals surface area contributed by atoms with Crippen LogP contribution in [0.5, 0.6) is 0 Å². The van der Waals surface area contributed by atoms with E-state index in [0.29, 0.717) is 6.54 Å². The van der Waals surface area contributed by atoms with Crippen LogP contribution >= 0.6 is 23.4 Å². The van der Waals surface area contributed by atoms with Crippen LogP contribution in [-0.2, 0) is 0 Å². The van der Waals surface area contributed by atoms with Gasteiger partial charge in [-0.25, -0.2) is 9.18 Å². The van der Waals surface area contributed by atoms with E-state index in [-0.39, 0.29) is 16.2 Å². The topological polar surface area (TPSA) is 44.4 Å². The molecular formula is C14H19ClFN3OS. The van der Waals surface area contributed by atoms with E-state index < -0.39 is 11.8 Å². The van der Waals surface area contributed by atoms with E-state index >= 15 is 0 Å². The average Bonchev–Trinajstić information content (AvgIpc) is 2.92. The maximum atomic E-state index is 13.7. The zero-order valence-electron chi connectivity index (χ0n) is 12.1. The Balaban J connectivity index is 1.94. The highest BCUT2D eigenvalue weighted by Crippen LogP contribution is 2.31. The summed E-state index contributed by atoms with van der Waals surface area (Å²) in [6, 6.07) is 4.09. The number of halogens is 2. The molecule has 4 nitrogen and oxygen atoms in total. The van der Waals surface area contributed by atoms with Gasteiger partial charge in [-0.2, -0.15) is 11.8 Å². The first-order valence-electron chi connectivity index (χ1n) is 6.69. The van der Waals surface area contributed by atoms with Crippen molar-refractivity contribution < 1.29 is 9.18 Å². The molecule has 1 aliphatic rings. The number of likely N-dealkylation sites (N-methyl/N-ethyl adjacent to an activating group) is 1. The number of urea groups is 1. The minimum absolute atomic E-state index is 0.00949. The van der Waals surface area contributed by atoms with Crippen LogP contribution in [0.2, 0.25) is 5.02 Å². The van der Waals surface area contributed by atoms with Crippen LogP contribution < -0.4 is 10.6 Å². The lowest BCUT2D eigenvalue weighted by Crippen LogP contribution is -2.53. The molecule has 1 aliphatic heterocycles. The maximum absolute atomic E-state index is 13.7. The lowest BCUT2D eigenvalue weighted by atomic mass is 9.97. The lowest BCUT2D eigenvalue weighted by molar-refractivity contribution is 0.176. The summed E-state index contributed by atoms with van der Waals surface area (Å²) in [4.78, 5) is 14.1. The summed E-state index contributed by atoms with van der Waals surface area (Å²) < 4.78 is 13.7. The molecule has 1 fully saturated rings. The summed E-state index contributed by atoms with van der Waals surface area (Å²) in [6.07, 6.45) is 1.02. The molecule has 0 aliphatic carbocycles. The Morgan fingerprint density at radius 1 is 1.52 bits per heavy atom. The number of carbonyl (C=O) groups is 1. The number of anilines is 1. The quantitative estimate of drug-likeness (QED) is 0.891. The van der Waals surface area contributed by atoms with Crippen molar-refractivity contribution in [3.63, 3.8) is 0 Å². The van der Waals surface area contributed by atoms with Crippen molar-refractivity contribution in [2.75, 3.05) is 37.5 Å². The van der Waals surface area contributed by atoms with Crippen LogP contribution in [-0.4, -0.2) is 48.6 Å². The Labute approximate surface area is 133 Å². The predicted octanol–water partition coefficient (Wildman–Crippen LogP) is 3.04. The van der Waals surface area contributed by atoms with Crippen molar-refractivity contribution in [1.29, 1.82) is 0 Å². The normalized spacial score (nSPS) is 21.6. The second kappa shape index (κ2) is 6.85. The van der Waals surface area contributed by atoms with E-state index in [2.05, 4.69) is 15.5 Å². The largest absolute Gasteiger partial charge is 0.336 e. The molecule has 1 aromatic carbocycles. The molecule has 0 radical (unpaired) electrons. The van der Waals surface area contributed by atoms with E-state index in [4.69, 9.17) is 11.6 Å². The number of hydrogen-bond donors (Lipinski definition) is 2. The Bertz CT molecular complexity index is 521. The molecular weight excluding hydrogens is 313 g/mol. The number of nitrogens with zero attached hydrogens (tertiary/aromatic N) is 1. The fourth-order valence-electron chi connectivity index (χ4n) is 2.26. The van der Waals surface area contributed by atoms with Crippen LogP contribution in [0.4, 0.5) is 14.9 Å².